The Morgan fingerprint density at radius 1 is 1.24 bits per heavy atom. The van der Waals surface area contributed by atoms with E-state index in [2.05, 4.69) is 25.5 Å². The number of halogens is 4. The summed E-state index contributed by atoms with van der Waals surface area (Å²) in [6.45, 7) is 2.32. The SMILES string of the molecule is CN=C(NCCC(F)(F)F)NCc1ccnc(N2CCCCC2)c1.I. The van der Waals surface area contributed by atoms with Gasteiger partial charge in [-0.05, 0) is 37.0 Å². The lowest BCUT2D eigenvalue weighted by Crippen LogP contribution is -2.38. The van der Waals surface area contributed by atoms with Crippen molar-refractivity contribution in [1.29, 1.82) is 0 Å². The fourth-order valence-electron chi connectivity index (χ4n) is 2.60. The highest BCUT2D eigenvalue weighted by atomic mass is 127. The molecule has 0 unspecified atom stereocenters. The van der Waals surface area contributed by atoms with E-state index >= 15 is 0 Å². The quantitative estimate of drug-likeness (QED) is 0.393. The second-order valence-electron chi connectivity index (χ2n) is 5.79. The summed E-state index contributed by atoms with van der Waals surface area (Å²) in [7, 11) is 1.54. The standard InChI is InChI=1S/C16H24F3N5.HI/c1-20-15(22-8-6-16(17,18)19)23-12-13-5-7-21-14(11-13)24-9-3-2-4-10-24;/h5,7,11H,2-4,6,8-10,12H2,1H3,(H2,20,22,23);1H. The number of nitrogens with one attached hydrogen (secondary N) is 2. The van der Waals surface area contributed by atoms with E-state index in [4.69, 9.17) is 0 Å². The van der Waals surface area contributed by atoms with Crippen LogP contribution < -0.4 is 15.5 Å². The predicted octanol–water partition coefficient (Wildman–Crippen LogP) is 3.31. The Morgan fingerprint density at radius 3 is 2.60 bits per heavy atom. The molecule has 1 saturated heterocycles. The van der Waals surface area contributed by atoms with E-state index in [1.807, 2.05) is 12.1 Å². The lowest BCUT2D eigenvalue weighted by molar-refractivity contribution is -0.132. The van der Waals surface area contributed by atoms with Crippen molar-refractivity contribution in [3.05, 3.63) is 23.9 Å². The minimum Gasteiger partial charge on any atom is -0.357 e. The summed E-state index contributed by atoms with van der Waals surface area (Å²) in [5, 5.41) is 5.69. The molecule has 0 spiro atoms. The summed E-state index contributed by atoms with van der Waals surface area (Å²) >= 11 is 0. The highest BCUT2D eigenvalue weighted by Crippen LogP contribution is 2.19. The van der Waals surface area contributed by atoms with E-state index in [1.54, 1.807) is 6.20 Å². The first-order valence-corrected chi connectivity index (χ1v) is 8.19. The van der Waals surface area contributed by atoms with Crippen LogP contribution in [0, 0.1) is 0 Å². The number of hydrogen-bond donors (Lipinski definition) is 2. The molecule has 142 valence electrons. The first kappa shape index (κ1) is 21.8. The third kappa shape index (κ3) is 8.10. The first-order chi connectivity index (χ1) is 11.5. The molecule has 0 bridgehead atoms. The maximum Gasteiger partial charge on any atom is 0.390 e. The van der Waals surface area contributed by atoms with Gasteiger partial charge in [-0.2, -0.15) is 13.2 Å². The van der Waals surface area contributed by atoms with Crippen LogP contribution >= 0.6 is 24.0 Å². The number of nitrogens with zero attached hydrogens (tertiary/aromatic N) is 3. The van der Waals surface area contributed by atoms with Gasteiger partial charge in [0.15, 0.2) is 5.96 Å². The van der Waals surface area contributed by atoms with Crippen molar-refractivity contribution in [2.45, 2.75) is 38.4 Å². The van der Waals surface area contributed by atoms with Crippen molar-refractivity contribution in [3.8, 4) is 0 Å². The fourth-order valence-corrected chi connectivity index (χ4v) is 2.60. The maximum atomic E-state index is 12.2. The van der Waals surface area contributed by atoms with E-state index in [0.717, 1.165) is 24.5 Å². The first-order valence-electron chi connectivity index (χ1n) is 8.19. The molecular weight excluding hydrogens is 446 g/mol. The Labute approximate surface area is 163 Å². The minimum atomic E-state index is -4.17. The second-order valence-corrected chi connectivity index (χ2v) is 5.79. The number of rotatable bonds is 5. The molecule has 0 aliphatic carbocycles. The Bertz CT molecular complexity index is 545. The summed E-state index contributed by atoms with van der Waals surface area (Å²) in [5.41, 5.74) is 1.02. The van der Waals surface area contributed by atoms with Crippen LogP contribution in [0.4, 0.5) is 19.0 Å². The van der Waals surface area contributed by atoms with Crippen LogP contribution in [0.3, 0.4) is 0 Å². The summed E-state index contributed by atoms with van der Waals surface area (Å²) in [5.74, 6) is 1.31. The number of hydrogen-bond acceptors (Lipinski definition) is 3. The third-order valence-electron chi connectivity index (χ3n) is 3.87. The van der Waals surface area contributed by atoms with Gasteiger partial charge in [0.1, 0.15) is 5.82 Å². The van der Waals surface area contributed by atoms with E-state index in [1.165, 1.54) is 26.3 Å². The fraction of sp³-hybridized carbons (Fsp3) is 0.625. The van der Waals surface area contributed by atoms with Gasteiger partial charge in [-0.1, -0.05) is 0 Å². The average Bonchev–Trinajstić information content (AvgIpc) is 2.58. The van der Waals surface area contributed by atoms with Crippen LogP contribution in [0.15, 0.2) is 23.3 Å². The van der Waals surface area contributed by atoms with Gasteiger partial charge < -0.3 is 15.5 Å². The summed E-state index contributed by atoms with van der Waals surface area (Å²) < 4.78 is 36.5. The van der Waals surface area contributed by atoms with Crippen molar-refractivity contribution in [2.75, 3.05) is 31.6 Å². The Hall–Kier alpha value is -1.26. The number of aromatic nitrogens is 1. The molecule has 1 aromatic heterocycles. The molecule has 0 saturated carbocycles. The van der Waals surface area contributed by atoms with E-state index in [9.17, 15) is 13.2 Å². The summed E-state index contributed by atoms with van der Waals surface area (Å²) in [4.78, 5) is 10.6. The highest BCUT2D eigenvalue weighted by Gasteiger charge is 2.26. The normalized spacial score (nSPS) is 15.5. The van der Waals surface area contributed by atoms with Crippen LogP contribution in [0.1, 0.15) is 31.2 Å². The van der Waals surface area contributed by atoms with Gasteiger partial charge >= 0.3 is 6.18 Å². The number of aliphatic imine (C=N–C) groups is 1. The molecule has 5 nitrogen and oxygen atoms in total. The van der Waals surface area contributed by atoms with Crippen molar-refractivity contribution in [1.82, 2.24) is 15.6 Å². The van der Waals surface area contributed by atoms with Crippen LogP contribution in [-0.2, 0) is 6.54 Å². The van der Waals surface area contributed by atoms with Crippen LogP contribution in [0.2, 0.25) is 0 Å². The zero-order chi connectivity index (χ0) is 17.4. The molecule has 2 rings (SSSR count). The van der Waals surface area contributed by atoms with Gasteiger partial charge in [0.25, 0.3) is 0 Å². The number of anilines is 1. The number of pyridine rings is 1. The Kier molecular flexibility index (Phi) is 9.30. The molecule has 1 aliphatic heterocycles. The summed E-state index contributed by atoms with van der Waals surface area (Å²) in [6, 6.07) is 3.91. The molecular formula is C16H25F3IN5. The predicted molar refractivity (Wildman–Crippen MR) is 105 cm³/mol. The van der Waals surface area contributed by atoms with E-state index in [0.29, 0.717) is 12.5 Å². The van der Waals surface area contributed by atoms with Crippen molar-refractivity contribution < 1.29 is 13.2 Å². The molecule has 2 N–H and O–H groups in total. The molecule has 1 aliphatic rings. The topological polar surface area (TPSA) is 52.6 Å². The molecule has 9 heteroatoms. The van der Waals surface area contributed by atoms with E-state index in [-0.39, 0.29) is 30.5 Å². The monoisotopic (exact) mass is 471 g/mol. The molecule has 0 aromatic carbocycles. The van der Waals surface area contributed by atoms with Crippen LogP contribution in [-0.4, -0.2) is 43.8 Å². The van der Waals surface area contributed by atoms with Crippen LogP contribution in [0.5, 0.6) is 0 Å². The number of alkyl halides is 3. The van der Waals surface area contributed by atoms with Crippen molar-refractivity contribution >= 4 is 35.8 Å². The van der Waals surface area contributed by atoms with Gasteiger partial charge in [0.2, 0.25) is 0 Å². The average molecular weight is 471 g/mol. The molecule has 0 amide bonds. The molecule has 2 heterocycles. The largest absolute Gasteiger partial charge is 0.390 e. The molecule has 1 fully saturated rings. The van der Waals surface area contributed by atoms with E-state index < -0.39 is 12.6 Å². The summed E-state index contributed by atoms with van der Waals surface area (Å²) in [6.07, 6.45) is 0.334. The second kappa shape index (κ2) is 10.7. The van der Waals surface area contributed by atoms with Crippen molar-refractivity contribution in [2.24, 2.45) is 4.99 Å². The van der Waals surface area contributed by atoms with Gasteiger partial charge in [-0.3, -0.25) is 4.99 Å². The van der Waals surface area contributed by atoms with Gasteiger partial charge in [-0.25, -0.2) is 4.98 Å². The third-order valence-corrected chi connectivity index (χ3v) is 3.87. The highest BCUT2D eigenvalue weighted by molar-refractivity contribution is 14.0. The molecule has 0 radical (unpaired) electrons. The molecule has 0 atom stereocenters. The van der Waals surface area contributed by atoms with Gasteiger partial charge in [-0.15, -0.1) is 24.0 Å². The lowest BCUT2D eigenvalue weighted by Gasteiger charge is -2.28. The Balaban J connectivity index is 0.00000312. The minimum absolute atomic E-state index is 0. The zero-order valence-electron chi connectivity index (χ0n) is 14.3. The van der Waals surface area contributed by atoms with Gasteiger partial charge in [0, 0.05) is 39.4 Å². The number of guanidine groups is 1. The van der Waals surface area contributed by atoms with Crippen molar-refractivity contribution in [3.63, 3.8) is 0 Å². The number of piperidine rings is 1. The van der Waals surface area contributed by atoms with Gasteiger partial charge in [0.05, 0.1) is 6.42 Å². The smallest absolute Gasteiger partial charge is 0.357 e. The zero-order valence-corrected chi connectivity index (χ0v) is 16.6. The van der Waals surface area contributed by atoms with Crippen LogP contribution in [0.25, 0.3) is 0 Å². The molecule has 25 heavy (non-hydrogen) atoms. The lowest BCUT2D eigenvalue weighted by atomic mass is 10.1. The molecule has 1 aromatic rings. The Morgan fingerprint density at radius 2 is 1.96 bits per heavy atom. The maximum absolute atomic E-state index is 12.2.